The Balaban J connectivity index is 1.78. The van der Waals surface area contributed by atoms with Crippen molar-refractivity contribution in [3.8, 4) is 0 Å². The van der Waals surface area contributed by atoms with Gasteiger partial charge >= 0.3 is 5.97 Å². The van der Waals surface area contributed by atoms with Crippen LogP contribution in [0.3, 0.4) is 0 Å². The molecule has 0 aliphatic carbocycles. The van der Waals surface area contributed by atoms with Crippen LogP contribution in [0.4, 0.5) is 10.1 Å². The third-order valence-corrected chi connectivity index (χ3v) is 3.85. The van der Waals surface area contributed by atoms with E-state index < -0.39 is 18.0 Å². The molecule has 0 spiro atoms. The molecule has 2 rings (SSSR count). The molecule has 0 heterocycles. The van der Waals surface area contributed by atoms with Crippen LogP contribution in [-0.2, 0) is 20.7 Å². The maximum absolute atomic E-state index is 12.8. The largest absolute Gasteiger partial charge is 0.453 e. The minimum atomic E-state index is -0.894. The fourth-order valence-electron chi connectivity index (χ4n) is 1.98. The molecule has 0 saturated heterocycles. The Bertz CT molecular complexity index is 701. The lowest BCUT2D eigenvalue weighted by Crippen LogP contribution is -2.30. The smallest absolute Gasteiger partial charge is 0.306 e. The van der Waals surface area contributed by atoms with Crippen molar-refractivity contribution < 1.29 is 18.7 Å². The van der Waals surface area contributed by atoms with Crippen molar-refractivity contribution in [2.45, 2.75) is 25.9 Å². The summed E-state index contributed by atoms with van der Waals surface area (Å²) in [6, 6.07) is 13.0. The van der Waals surface area contributed by atoms with Gasteiger partial charge in [-0.25, -0.2) is 4.39 Å². The van der Waals surface area contributed by atoms with Gasteiger partial charge in [-0.05, 0) is 55.3 Å². The Labute approximate surface area is 148 Å². The zero-order valence-corrected chi connectivity index (χ0v) is 14.7. The molecule has 0 saturated carbocycles. The minimum Gasteiger partial charge on any atom is -0.453 e. The van der Waals surface area contributed by atoms with Crippen LogP contribution in [0.1, 0.15) is 18.9 Å². The van der Waals surface area contributed by atoms with E-state index in [9.17, 15) is 14.0 Å². The number of rotatable bonds is 6. The molecule has 126 valence electrons. The van der Waals surface area contributed by atoms with Gasteiger partial charge in [0.2, 0.25) is 0 Å². The first kappa shape index (κ1) is 18.1. The molecule has 0 aliphatic rings. The molecular formula is C18H17BrFNO3. The van der Waals surface area contributed by atoms with Gasteiger partial charge in [-0.15, -0.1) is 0 Å². The molecule has 4 nitrogen and oxygen atoms in total. The maximum atomic E-state index is 12.8. The van der Waals surface area contributed by atoms with Gasteiger partial charge in [0.1, 0.15) is 5.82 Å². The molecule has 0 aliphatic heterocycles. The van der Waals surface area contributed by atoms with E-state index in [0.29, 0.717) is 12.1 Å². The van der Waals surface area contributed by atoms with Gasteiger partial charge in [-0.1, -0.05) is 28.1 Å². The van der Waals surface area contributed by atoms with E-state index in [2.05, 4.69) is 21.2 Å². The van der Waals surface area contributed by atoms with Gasteiger partial charge in [-0.2, -0.15) is 0 Å². The number of ether oxygens (including phenoxy) is 1. The summed E-state index contributed by atoms with van der Waals surface area (Å²) in [4.78, 5) is 23.8. The predicted octanol–water partition coefficient (Wildman–Crippen LogP) is 4.09. The Hall–Kier alpha value is -2.21. The Morgan fingerprint density at radius 1 is 1.12 bits per heavy atom. The summed E-state index contributed by atoms with van der Waals surface area (Å²) in [5, 5.41) is 2.68. The summed E-state index contributed by atoms with van der Waals surface area (Å²) in [6.45, 7) is 1.52. The van der Waals surface area contributed by atoms with E-state index in [1.165, 1.54) is 19.1 Å². The second-order valence-corrected chi connectivity index (χ2v) is 6.17. The summed E-state index contributed by atoms with van der Waals surface area (Å²) < 4.78 is 18.8. The molecular weight excluding hydrogens is 377 g/mol. The van der Waals surface area contributed by atoms with Gasteiger partial charge in [-0.3, -0.25) is 9.59 Å². The molecule has 0 aromatic heterocycles. The summed E-state index contributed by atoms with van der Waals surface area (Å²) in [7, 11) is 0. The monoisotopic (exact) mass is 393 g/mol. The Morgan fingerprint density at radius 2 is 1.75 bits per heavy atom. The molecule has 0 bridgehead atoms. The van der Waals surface area contributed by atoms with Crippen LogP contribution in [0.15, 0.2) is 53.0 Å². The van der Waals surface area contributed by atoms with E-state index in [0.717, 1.165) is 10.0 Å². The lowest BCUT2D eigenvalue weighted by atomic mass is 10.1. The number of aryl methyl sites for hydroxylation is 1. The van der Waals surface area contributed by atoms with Gasteiger partial charge in [0.25, 0.3) is 5.91 Å². The second-order valence-electron chi connectivity index (χ2n) is 5.25. The van der Waals surface area contributed by atoms with E-state index in [1.54, 1.807) is 36.4 Å². The molecule has 24 heavy (non-hydrogen) atoms. The summed E-state index contributed by atoms with van der Waals surface area (Å²) in [5.41, 5.74) is 1.46. The average Bonchev–Trinajstić information content (AvgIpc) is 2.56. The SMILES string of the molecule is C[C@H](OC(=O)CCc1ccc(F)cc1)C(=O)Nc1ccc(Br)cc1. The number of nitrogens with one attached hydrogen (secondary N) is 1. The van der Waals surface area contributed by atoms with Crippen LogP contribution in [0.5, 0.6) is 0 Å². The molecule has 1 amide bonds. The van der Waals surface area contributed by atoms with E-state index >= 15 is 0 Å². The van der Waals surface area contributed by atoms with E-state index in [1.807, 2.05) is 0 Å². The van der Waals surface area contributed by atoms with Crippen molar-refractivity contribution in [1.29, 1.82) is 0 Å². The summed E-state index contributed by atoms with van der Waals surface area (Å²) in [5.74, 6) is -1.19. The number of hydrogen-bond donors (Lipinski definition) is 1. The number of hydrogen-bond acceptors (Lipinski definition) is 3. The maximum Gasteiger partial charge on any atom is 0.306 e. The Kier molecular flexibility index (Phi) is 6.49. The minimum absolute atomic E-state index is 0.127. The van der Waals surface area contributed by atoms with Crippen LogP contribution in [0, 0.1) is 5.82 Å². The quantitative estimate of drug-likeness (QED) is 0.751. The lowest BCUT2D eigenvalue weighted by molar-refractivity contribution is -0.153. The molecule has 0 unspecified atom stereocenters. The molecule has 0 fully saturated rings. The highest BCUT2D eigenvalue weighted by Crippen LogP contribution is 2.14. The molecule has 2 aromatic carbocycles. The number of esters is 1. The van der Waals surface area contributed by atoms with E-state index in [-0.39, 0.29) is 12.2 Å². The third-order valence-electron chi connectivity index (χ3n) is 3.32. The summed E-state index contributed by atoms with van der Waals surface area (Å²) >= 11 is 3.31. The normalized spacial score (nSPS) is 11.6. The fraction of sp³-hybridized carbons (Fsp3) is 0.222. The van der Waals surface area contributed by atoms with Crippen molar-refractivity contribution in [3.05, 3.63) is 64.4 Å². The zero-order chi connectivity index (χ0) is 17.5. The number of carbonyl (C=O) groups is 2. The van der Waals surface area contributed by atoms with Crippen LogP contribution in [0.25, 0.3) is 0 Å². The van der Waals surface area contributed by atoms with Gasteiger partial charge in [0.05, 0.1) is 0 Å². The van der Waals surface area contributed by atoms with Crippen molar-refractivity contribution in [3.63, 3.8) is 0 Å². The molecule has 6 heteroatoms. The summed E-state index contributed by atoms with van der Waals surface area (Å²) in [6.07, 6.45) is -0.337. The number of halogens is 2. The Morgan fingerprint density at radius 3 is 2.38 bits per heavy atom. The van der Waals surface area contributed by atoms with Gasteiger partial charge in [0, 0.05) is 16.6 Å². The second kappa shape index (κ2) is 8.59. The van der Waals surface area contributed by atoms with Crippen LogP contribution < -0.4 is 5.32 Å². The van der Waals surface area contributed by atoms with Gasteiger partial charge < -0.3 is 10.1 Å². The topological polar surface area (TPSA) is 55.4 Å². The standard InChI is InChI=1S/C18H17BrFNO3/c1-12(18(23)21-16-9-5-14(19)6-10-16)24-17(22)11-4-13-2-7-15(20)8-3-13/h2-3,5-10,12H,4,11H2,1H3,(H,21,23)/t12-/m0/s1. The fourth-order valence-corrected chi connectivity index (χ4v) is 2.25. The first-order valence-electron chi connectivity index (χ1n) is 7.44. The highest BCUT2D eigenvalue weighted by Gasteiger charge is 2.17. The van der Waals surface area contributed by atoms with Crippen molar-refractivity contribution >= 4 is 33.5 Å². The first-order chi connectivity index (χ1) is 11.4. The first-order valence-corrected chi connectivity index (χ1v) is 8.23. The molecule has 2 aromatic rings. The number of carbonyl (C=O) groups excluding carboxylic acids is 2. The highest BCUT2D eigenvalue weighted by atomic mass is 79.9. The number of amides is 1. The van der Waals surface area contributed by atoms with Crippen LogP contribution >= 0.6 is 15.9 Å². The van der Waals surface area contributed by atoms with Crippen molar-refractivity contribution in [2.75, 3.05) is 5.32 Å². The van der Waals surface area contributed by atoms with Crippen LogP contribution in [0.2, 0.25) is 0 Å². The van der Waals surface area contributed by atoms with Crippen LogP contribution in [-0.4, -0.2) is 18.0 Å². The predicted molar refractivity (Wildman–Crippen MR) is 93.0 cm³/mol. The molecule has 1 atom stereocenters. The zero-order valence-electron chi connectivity index (χ0n) is 13.1. The highest BCUT2D eigenvalue weighted by molar-refractivity contribution is 9.10. The number of anilines is 1. The van der Waals surface area contributed by atoms with Gasteiger partial charge in [0.15, 0.2) is 6.10 Å². The van der Waals surface area contributed by atoms with Crippen molar-refractivity contribution in [1.82, 2.24) is 0 Å². The van der Waals surface area contributed by atoms with E-state index in [4.69, 9.17) is 4.74 Å². The third kappa shape index (κ3) is 5.77. The lowest BCUT2D eigenvalue weighted by Gasteiger charge is -2.13. The molecule has 1 N–H and O–H groups in total. The number of benzene rings is 2. The van der Waals surface area contributed by atoms with Crippen molar-refractivity contribution in [2.24, 2.45) is 0 Å². The average molecular weight is 394 g/mol. The molecule has 0 radical (unpaired) electrons.